The van der Waals surface area contributed by atoms with Crippen LogP contribution in [0.5, 0.6) is 11.2 Å². The van der Waals surface area contributed by atoms with Crippen molar-refractivity contribution in [3.8, 4) is 28.3 Å². The van der Waals surface area contributed by atoms with E-state index in [0.29, 0.717) is 21.7 Å². The summed E-state index contributed by atoms with van der Waals surface area (Å²) in [5, 5.41) is 7.04. The standard InChI is InChI=1S/C17H14ClN5O3S2/c1-22-17(24)23(15(20-22)25-2)12-7-8-27-13(12)9-26-16-19-14(21-28-16)10-3-5-11(18)6-4-10/h3-8H,9H2,1-2H3. The molecule has 0 amide bonds. The van der Waals surface area contributed by atoms with Gasteiger partial charge in [-0.2, -0.15) is 9.36 Å². The highest BCUT2D eigenvalue weighted by Gasteiger charge is 2.18. The van der Waals surface area contributed by atoms with Gasteiger partial charge in [-0.25, -0.2) is 14.0 Å². The minimum absolute atomic E-state index is 0.216. The first-order valence-electron chi connectivity index (χ1n) is 8.06. The Hall–Kier alpha value is -2.69. The molecule has 0 aliphatic carbocycles. The van der Waals surface area contributed by atoms with Crippen molar-refractivity contribution in [2.24, 2.45) is 7.05 Å². The first-order chi connectivity index (χ1) is 13.6. The molecule has 3 aromatic heterocycles. The third kappa shape index (κ3) is 3.53. The summed E-state index contributed by atoms with van der Waals surface area (Å²) in [6.07, 6.45) is 0. The van der Waals surface area contributed by atoms with Gasteiger partial charge >= 0.3 is 11.7 Å². The third-order valence-electron chi connectivity index (χ3n) is 3.88. The van der Waals surface area contributed by atoms with E-state index in [0.717, 1.165) is 10.4 Å². The van der Waals surface area contributed by atoms with Gasteiger partial charge in [0.05, 0.1) is 17.7 Å². The zero-order valence-electron chi connectivity index (χ0n) is 14.8. The fraction of sp³-hybridized carbons (Fsp3) is 0.176. The number of nitrogens with zero attached hydrogens (tertiary/aromatic N) is 5. The number of hydrogen-bond donors (Lipinski definition) is 0. The van der Waals surface area contributed by atoms with Gasteiger partial charge in [0.2, 0.25) is 0 Å². The second-order valence-electron chi connectivity index (χ2n) is 5.64. The van der Waals surface area contributed by atoms with Crippen molar-refractivity contribution in [1.29, 1.82) is 0 Å². The summed E-state index contributed by atoms with van der Waals surface area (Å²) in [6.45, 7) is 0.243. The summed E-state index contributed by atoms with van der Waals surface area (Å²) >= 11 is 8.55. The molecular formula is C17H14ClN5O3S2. The number of hydrogen-bond acceptors (Lipinski definition) is 8. The molecule has 8 nitrogen and oxygen atoms in total. The van der Waals surface area contributed by atoms with Crippen LogP contribution in [0.15, 0.2) is 40.5 Å². The molecule has 3 heterocycles. The molecule has 0 saturated carbocycles. The van der Waals surface area contributed by atoms with Crippen molar-refractivity contribution in [2.45, 2.75) is 6.61 Å². The number of aromatic nitrogens is 5. The van der Waals surface area contributed by atoms with Crippen molar-refractivity contribution in [3.05, 3.63) is 56.1 Å². The van der Waals surface area contributed by atoms with Gasteiger partial charge in [-0.05, 0) is 35.7 Å². The van der Waals surface area contributed by atoms with Crippen molar-refractivity contribution < 1.29 is 9.47 Å². The van der Waals surface area contributed by atoms with Crippen LogP contribution in [0.4, 0.5) is 0 Å². The molecule has 1 aromatic carbocycles. The van der Waals surface area contributed by atoms with Gasteiger partial charge in [0.25, 0.3) is 5.19 Å². The summed E-state index contributed by atoms with van der Waals surface area (Å²) in [5.74, 6) is 0.577. The minimum atomic E-state index is -0.294. The number of benzene rings is 1. The molecule has 0 aliphatic rings. The van der Waals surface area contributed by atoms with E-state index in [-0.39, 0.29) is 18.3 Å². The van der Waals surface area contributed by atoms with Crippen LogP contribution in [0.1, 0.15) is 4.88 Å². The van der Waals surface area contributed by atoms with Crippen molar-refractivity contribution in [2.75, 3.05) is 7.11 Å². The summed E-state index contributed by atoms with van der Waals surface area (Å²) in [7, 11) is 3.05. The fourth-order valence-electron chi connectivity index (χ4n) is 2.53. The van der Waals surface area contributed by atoms with Crippen molar-refractivity contribution >= 4 is 34.5 Å². The van der Waals surface area contributed by atoms with E-state index < -0.39 is 0 Å². The van der Waals surface area contributed by atoms with E-state index in [2.05, 4.69) is 14.5 Å². The molecule has 0 fully saturated rings. The Kier molecular flexibility index (Phi) is 5.16. The molecular weight excluding hydrogens is 422 g/mol. The number of aryl methyl sites for hydroxylation is 1. The largest absolute Gasteiger partial charge is 0.467 e. The maximum atomic E-state index is 12.4. The SMILES string of the molecule is COc1nn(C)c(=O)n1-c1ccsc1COc1nc(-c2ccc(Cl)cc2)ns1. The lowest BCUT2D eigenvalue weighted by molar-refractivity contribution is 0.307. The first kappa shape index (κ1) is 18.7. The summed E-state index contributed by atoms with van der Waals surface area (Å²) < 4.78 is 18.0. The molecule has 0 saturated heterocycles. The van der Waals surface area contributed by atoms with E-state index in [1.807, 2.05) is 23.6 Å². The lowest BCUT2D eigenvalue weighted by atomic mass is 10.2. The maximum Gasteiger partial charge on any atom is 0.353 e. The van der Waals surface area contributed by atoms with E-state index in [4.69, 9.17) is 21.1 Å². The number of methoxy groups -OCH3 is 1. The van der Waals surface area contributed by atoms with Crippen LogP contribution in [0, 0.1) is 0 Å². The van der Waals surface area contributed by atoms with Crippen molar-refractivity contribution in [3.63, 3.8) is 0 Å². The number of ether oxygens (including phenoxy) is 2. The predicted molar refractivity (Wildman–Crippen MR) is 108 cm³/mol. The number of rotatable bonds is 6. The molecule has 0 spiro atoms. The van der Waals surface area contributed by atoms with E-state index >= 15 is 0 Å². The Labute approximate surface area is 172 Å². The Morgan fingerprint density at radius 3 is 2.75 bits per heavy atom. The molecule has 0 atom stereocenters. The monoisotopic (exact) mass is 435 g/mol. The third-order valence-corrected chi connectivity index (χ3v) is 5.64. The normalized spacial score (nSPS) is 11.0. The predicted octanol–water partition coefficient (Wildman–Crippen LogP) is 3.39. The molecule has 0 radical (unpaired) electrons. The van der Waals surface area contributed by atoms with Crippen LogP contribution in [-0.2, 0) is 13.7 Å². The molecule has 28 heavy (non-hydrogen) atoms. The van der Waals surface area contributed by atoms with Gasteiger partial charge in [0.1, 0.15) is 6.61 Å². The van der Waals surface area contributed by atoms with Gasteiger partial charge in [0, 0.05) is 29.2 Å². The van der Waals surface area contributed by atoms with E-state index in [9.17, 15) is 4.79 Å². The zero-order valence-corrected chi connectivity index (χ0v) is 17.2. The Morgan fingerprint density at radius 2 is 2.00 bits per heavy atom. The topological polar surface area (TPSA) is 84.1 Å². The lowest BCUT2D eigenvalue weighted by Gasteiger charge is -2.06. The zero-order chi connectivity index (χ0) is 19.7. The molecule has 4 aromatic rings. The highest BCUT2D eigenvalue weighted by molar-refractivity contribution is 7.10. The molecule has 4 rings (SSSR count). The van der Waals surface area contributed by atoms with Crippen molar-refractivity contribution in [1.82, 2.24) is 23.7 Å². The molecule has 0 N–H and O–H groups in total. The van der Waals surface area contributed by atoms with Gasteiger partial charge in [-0.1, -0.05) is 11.6 Å². The van der Waals surface area contributed by atoms with Crippen LogP contribution in [0.25, 0.3) is 17.1 Å². The highest BCUT2D eigenvalue weighted by Crippen LogP contribution is 2.27. The summed E-state index contributed by atoms with van der Waals surface area (Å²) in [5.41, 5.74) is 1.23. The van der Waals surface area contributed by atoms with Crippen LogP contribution in [0.2, 0.25) is 5.02 Å². The Morgan fingerprint density at radius 1 is 1.21 bits per heavy atom. The highest BCUT2D eigenvalue weighted by atomic mass is 35.5. The Balaban J connectivity index is 1.54. The molecule has 0 aliphatic heterocycles. The van der Waals surface area contributed by atoms with Crippen LogP contribution < -0.4 is 15.2 Å². The fourth-order valence-corrected chi connectivity index (χ4v) is 3.98. The van der Waals surface area contributed by atoms with Gasteiger partial charge in [0.15, 0.2) is 5.82 Å². The summed E-state index contributed by atoms with van der Waals surface area (Å²) in [4.78, 5) is 17.6. The van der Waals surface area contributed by atoms with E-state index in [1.165, 1.54) is 39.2 Å². The molecule has 144 valence electrons. The van der Waals surface area contributed by atoms with Crippen LogP contribution in [-0.4, -0.2) is 30.8 Å². The van der Waals surface area contributed by atoms with E-state index in [1.54, 1.807) is 19.2 Å². The van der Waals surface area contributed by atoms with Gasteiger partial charge < -0.3 is 9.47 Å². The molecule has 0 bridgehead atoms. The quantitative estimate of drug-likeness (QED) is 0.461. The Bertz CT molecular complexity index is 1160. The van der Waals surface area contributed by atoms with Gasteiger partial charge in [-0.3, -0.25) is 0 Å². The first-order valence-corrected chi connectivity index (χ1v) is 10.1. The number of halogens is 1. The maximum absolute atomic E-state index is 12.4. The average Bonchev–Trinajstić information content (AvgIpc) is 3.40. The molecule has 0 unspecified atom stereocenters. The summed E-state index contributed by atoms with van der Waals surface area (Å²) in [6, 6.07) is 9.33. The van der Waals surface area contributed by atoms with Crippen LogP contribution in [0.3, 0.4) is 0 Å². The van der Waals surface area contributed by atoms with Crippen LogP contribution >= 0.6 is 34.5 Å². The average molecular weight is 436 g/mol. The molecule has 11 heteroatoms. The number of thiophene rings is 1. The lowest BCUT2D eigenvalue weighted by Crippen LogP contribution is -2.22. The minimum Gasteiger partial charge on any atom is -0.467 e. The second-order valence-corrected chi connectivity index (χ2v) is 7.79. The second kappa shape index (κ2) is 7.74. The smallest absolute Gasteiger partial charge is 0.353 e. The van der Waals surface area contributed by atoms with Gasteiger partial charge in [-0.15, -0.1) is 16.4 Å².